The predicted molar refractivity (Wildman–Crippen MR) is 60.2 cm³/mol. The smallest absolute Gasteiger partial charge is 0.123 e. The zero-order valence-electron chi connectivity index (χ0n) is 9.46. The quantitative estimate of drug-likeness (QED) is 0.492. The molecule has 0 aromatic carbocycles. The van der Waals surface area contributed by atoms with E-state index in [2.05, 4.69) is 13.0 Å². The normalized spacial score (nSPS) is 22.0. The Morgan fingerprint density at radius 1 is 1.36 bits per heavy atom. The summed E-state index contributed by atoms with van der Waals surface area (Å²) >= 11 is 0. The first-order valence-corrected chi connectivity index (χ1v) is 5.85. The maximum Gasteiger partial charge on any atom is 0.123 e. The molecule has 0 N–H and O–H groups in total. The Hall–Kier alpha value is -0.590. The second kappa shape index (κ2) is 6.00. The van der Waals surface area contributed by atoms with Crippen molar-refractivity contribution < 1.29 is 4.79 Å². The monoisotopic (exact) mass is 194 g/mol. The summed E-state index contributed by atoms with van der Waals surface area (Å²) in [7, 11) is 0. The number of carbonyl (C=O) groups excluding carboxylic acids is 1. The van der Waals surface area contributed by atoms with Crippen molar-refractivity contribution in [2.24, 2.45) is 11.8 Å². The molecule has 0 aliphatic heterocycles. The van der Waals surface area contributed by atoms with E-state index in [0.29, 0.717) is 0 Å². The first-order chi connectivity index (χ1) is 6.72. The molecule has 1 heteroatoms. The standard InChI is InChI=1S/C13H22O/c1-11(8-12(2)10-14)9-13-6-4-3-5-7-13/h9-10,12-13H,3-8H2,1-2H3/b11-9-. The van der Waals surface area contributed by atoms with Gasteiger partial charge in [-0.25, -0.2) is 0 Å². The molecule has 1 nitrogen and oxygen atoms in total. The Kier molecular flexibility index (Phi) is 4.92. The van der Waals surface area contributed by atoms with Gasteiger partial charge in [-0.1, -0.05) is 37.8 Å². The molecule has 1 atom stereocenters. The number of carbonyl (C=O) groups is 1. The molecular formula is C13H22O. The van der Waals surface area contributed by atoms with Gasteiger partial charge in [0, 0.05) is 5.92 Å². The number of rotatable bonds is 4. The zero-order chi connectivity index (χ0) is 10.4. The van der Waals surface area contributed by atoms with Crippen molar-refractivity contribution in [3.8, 4) is 0 Å². The number of hydrogen-bond donors (Lipinski definition) is 0. The minimum atomic E-state index is 0.190. The van der Waals surface area contributed by atoms with Crippen LogP contribution >= 0.6 is 0 Å². The van der Waals surface area contributed by atoms with E-state index >= 15 is 0 Å². The van der Waals surface area contributed by atoms with Crippen LogP contribution in [0.4, 0.5) is 0 Å². The van der Waals surface area contributed by atoms with Crippen LogP contribution in [0.5, 0.6) is 0 Å². The topological polar surface area (TPSA) is 17.1 Å². The molecule has 1 saturated carbocycles. The Bertz CT molecular complexity index is 199. The number of hydrogen-bond acceptors (Lipinski definition) is 1. The lowest BCUT2D eigenvalue weighted by Gasteiger charge is -2.19. The van der Waals surface area contributed by atoms with Crippen molar-refractivity contribution >= 4 is 6.29 Å². The van der Waals surface area contributed by atoms with E-state index in [0.717, 1.165) is 18.6 Å². The van der Waals surface area contributed by atoms with E-state index < -0.39 is 0 Å². The molecule has 14 heavy (non-hydrogen) atoms. The van der Waals surface area contributed by atoms with Gasteiger partial charge in [0.25, 0.3) is 0 Å². The fourth-order valence-electron chi connectivity index (χ4n) is 2.33. The average Bonchev–Trinajstić information content (AvgIpc) is 2.19. The SMILES string of the molecule is C/C(=C/C1CCCCC1)CC(C)C=O. The predicted octanol–water partition coefficient (Wildman–Crippen LogP) is 3.74. The molecule has 0 saturated heterocycles. The highest BCUT2D eigenvalue weighted by molar-refractivity contribution is 5.53. The summed E-state index contributed by atoms with van der Waals surface area (Å²) in [5.41, 5.74) is 1.40. The molecule has 1 unspecified atom stereocenters. The zero-order valence-corrected chi connectivity index (χ0v) is 9.46. The van der Waals surface area contributed by atoms with E-state index in [1.165, 1.54) is 37.7 Å². The molecule has 1 aliphatic rings. The van der Waals surface area contributed by atoms with Crippen LogP contribution in [0.15, 0.2) is 11.6 Å². The molecule has 0 radical (unpaired) electrons. The minimum Gasteiger partial charge on any atom is -0.303 e. The molecule has 0 aromatic rings. The third-order valence-corrected chi connectivity index (χ3v) is 3.05. The largest absolute Gasteiger partial charge is 0.303 e. The van der Waals surface area contributed by atoms with Crippen molar-refractivity contribution in [3.63, 3.8) is 0 Å². The van der Waals surface area contributed by atoms with Crippen LogP contribution in [0.25, 0.3) is 0 Å². The van der Waals surface area contributed by atoms with Gasteiger partial charge in [0.15, 0.2) is 0 Å². The van der Waals surface area contributed by atoms with Crippen molar-refractivity contribution in [2.45, 2.75) is 52.4 Å². The van der Waals surface area contributed by atoms with Crippen LogP contribution in [0, 0.1) is 11.8 Å². The second-order valence-corrected chi connectivity index (χ2v) is 4.73. The van der Waals surface area contributed by atoms with E-state index in [4.69, 9.17) is 0 Å². The lowest BCUT2D eigenvalue weighted by atomic mass is 9.87. The van der Waals surface area contributed by atoms with Gasteiger partial charge in [0.05, 0.1) is 0 Å². The fraction of sp³-hybridized carbons (Fsp3) is 0.769. The molecule has 1 fully saturated rings. The maximum absolute atomic E-state index is 10.5. The summed E-state index contributed by atoms with van der Waals surface area (Å²) in [5, 5.41) is 0. The molecule has 0 amide bonds. The fourth-order valence-corrected chi connectivity index (χ4v) is 2.33. The Balaban J connectivity index is 2.36. The van der Waals surface area contributed by atoms with E-state index in [1.807, 2.05) is 6.92 Å². The maximum atomic E-state index is 10.5. The summed E-state index contributed by atoms with van der Waals surface area (Å²) in [6.45, 7) is 4.15. The van der Waals surface area contributed by atoms with Gasteiger partial charge in [-0.05, 0) is 32.1 Å². The lowest BCUT2D eigenvalue weighted by Crippen LogP contribution is -2.04. The van der Waals surface area contributed by atoms with Gasteiger partial charge in [-0.2, -0.15) is 0 Å². The van der Waals surface area contributed by atoms with Gasteiger partial charge < -0.3 is 4.79 Å². The van der Waals surface area contributed by atoms with Crippen LogP contribution in [0.1, 0.15) is 52.4 Å². The Morgan fingerprint density at radius 3 is 2.57 bits per heavy atom. The van der Waals surface area contributed by atoms with Crippen LogP contribution in [0.2, 0.25) is 0 Å². The molecule has 80 valence electrons. The van der Waals surface area contributed by atoms with E-state index in [-0.39, 0.29) is 5.92 Å². The minimum absolute atomic E-state index is 0.190. The highest BCUT2D eigenvalue weighted by atomic mass is 16.1. The molecule has 0 bridgehead atoms. The van der Waals surface area contributed by atoms with Gasteiger partial charge in [-0.3, -0.25) is 0 Å². The summed E-state index contributed by atoms with van der Waals surface area (Å²) in [5.74, 6) is 0.984. The summed E-state index contributed by atoms with van der Waals surface area (Å²) in [4.78, 5) is 10.5. The van der Waals surface area contributed by atoms with Crippen molar-refractivity contribution in [1.29, 1.82) is 0 Å². The molecule has 1 aliphatic carbocycles. The third kappa shape index (κ3) is 4.08. The number of aldehydes is 1. The van der Waals surface area contributed by atoms with E-state index in [1.54, 1.807) is 0 Å². The molecule has 0 aromatic heterocycles. The lowest BCUT2D eigenvalue weighted by molar-refractivity contribution is -0.110. The molecule has 0 heterocycles. The molecule has 1 rings (SSSR count). The van der Waals surface area contributed by atoms with Gasteiger partial charge in [0.1, 0.15) is 6.29 Å². The first-order valence-electron chi connectivity index (χ1n) is 5.85. The van der Waals surface area contributed by atoms with Crippen LogP contribution in [0.3, 0.4) is 0 Å². The first kappa shape index (κ1) is 11.5. The van der Waals surface area contributed by atoms with Crippen LogP contribution in [-0.4, -0.2) is 6.29 Å². The van der Waals surface area contributed by atoms with Crippen LogP contribution < -0.4 is 0 Å². The highest BCUT2D eigenvalue weighted by Crippen LogP contribution is 2.26. The van der Waals surface area contributed by atoms with E-state index in [9.17, 15) is 4.79 Å². The summed E-state index contributed by atoms with van der Waals surface area (Å²) in [6.07, 6.45) is 11.3. The van der Waals surface area contributed by atoms with Gasteiger partial charge in [0.2, 0.25) is 0 Å². The average molecular weight is 194 g/mol. The second-order valence-electron chi connectivity index (χ2n) is 4.73. The summed E-state index contributed by atoms with van der Waals surface area (Å²) < 4.78 is 0. The van der Waals surface area contributed by atoms with Gasteiger partial charge in [-0.15, -0.1) is 0 Å². The highest BCUT2D eigenvalue weighted by Gasteiger charge is 2.11. The Morgan fingerprint density at radius 2 is 2.00 bits per heavy atom. The van der Waals surface area contributed by atoms with Crippen molar-refractivity contribution in [2.75, 3.05) is 0 Å². The Labute approximate surface area is 87.6 Å². The summed E-state index contributed by atoms with van der Waals surface area (Å²) in [6, 6.07) is 0. The molecular weight excluding hydrogens is 172 g/mol. The molecule has 0 spiro atoms. The van der Waals surface area contributed by atoms with Crippen molar-refractivity contribution in [1.82, 2.24) is 0 Å². The number of allylic oxidation sites excluding steroid dienone is 2. The third-order valence-electron chi connectivity index (χ3n) is 3.05. The van der Waals surface area contributed by atoms with Crippen molar-refractivity contribution in [3.05, 3.63) is 11.6 Å². The van der Waals surface area contributed by atoms with Gasteiger partial charge >= 0.3 is 0 Å². The van der Waals surface area contributed by atoms with Crippen LogP contribution in [-0.2, 0) is 4.79 Å².